The fourth-order valence-electron chi connectivity index (χ4n) is 6.86. The summed E-state index contributed by atoms with van der Waals surface area (Å²) in [7, 11) is 0. The van der Waals surface area contributed by atoms with Gasteiger partial charge in [-0.25, -0.2) is 9.78 Å². The molecule has 3 aromatic rings. The van der Waals surface area contributed by atoms with Gasteiger partial charge in [-0.1, -0.05) is 36.9 Å². The summed E-state index contributed by atoms with van der Waals surface area (Å²) in [5.41, 5.74) is 4.44. The van der Waals surface area contributed by atoms with Crippen LogP contribution in [0, 0.1) is 0 Å². The number of rotatable bonds is 6. The number of imidazole rings is 1. The molecule has 1 aromatic carbocycles. The molecule has 3 N–H and O–H groups in total. The summed E-state index contributed by atoms with van der Waals surface area (Å²) >= 11 is 9.97. The zero-order chi connectivity index (χ0) is 32.4. The molecule has 2 aliphatic carbocycles. The second-order valence-electron chi connectivity index (χ2n) is 12.2. The fraction of sp³-hybridized carbons (Fsp3) is 0.500. The van der Waals surface area contributed by atoms with E-state index in [2.05, 4.69) is 47.5 Å². The summed E-state index contributed by atoms with van der Waals surface area (Å²) in [6.07, 6.45) is 5.10. The van der Waals surface area contributed by atoms with Crippen molar-refractivity contribution in [2.45, 2.75) is 75.7 Å². The maximum Gasteiger partial charge on any atom is 0.449 e. The van der Waals surface area contributed by atoms with Crippen LogP contribution in [-0.2, 0) is 30.2 Å². The second-order valence-corrected chi connectivity index (χ2v) is 13.6. The predicted molar refractivity (Wildman–Crippen MR) is 170 cm³/mol. The maximum atomic E-state index is 13.8. The Labute approximate surface area is 278 Å². The number of aromatic nitrogens is 3. The molecule has 46 heavy (non-hydrogen) atoms. The van der Waals surface area contributed by atoms with E-state index in [0.717, 1.165) is 78.0 Å². The number of halogens is 5. The Bertz CT molecular complexity index is 1530. The van der Waals surface area contributed by atoms with Gasteiger partial charge in [-0.05, 0) is 76.5 Å². The van der Waals surface area contributed by atoms with Crippen molar-refractivity contribution in [3.8, 4) is 0 Å². The number of piperazine rings is 1. The lowest BCUT2D eigenvalue weighted by atomic mass is 9.95. The number of aromatic amines is 1. The number of nitrogens with one attached hydrogen (secondary N) is 3. The molecule has 2 aromatic heterocycles. The van der Waals surface area contributed by atoms with Crippen molar-refractivity contribution in [3.05, 3.63) is 80.1 Å². The standard InChI is InChI=1S/C32H36BrClF3N7O2/c33-21-14-20-7-6-19-15-22(34)8-9-25(19)28(27(20)39-16-21)43-12-13-44(31(46)42-23-4-2-1-3-5-23)26(18-43)29(45)38-11-10-24-17-40-30(41-24)32(35,36)37/h8-9,14-17,23,26,28H,1-7,10-13,18H2,(H,38,45)(H,40,41)(H,42,46). The van der Waals surface area contributed by atoms with Crippen LogP contribution >= 0.6 is 27.5 Å². The van der Waals surface area contributed by atoms with E-state index in [-0.39, 0.29) is 49.2 Å². The van der Waals surface area contributed by atoms with Crippen molar-refractivity contribution in [2.24, 2.45) is 0 Å². The predicted octanol–water partition coefficient (Wildman–Crippen LogP) is 5.81. The molecule has 14 heteroatoms. The molecular weight excluding hydrogens is 687 g/mol. The fourth-order valence-corrected chi connectivity index (χ4v) is 7.43. The van der Waals surface area contributed by atoms with Crippen LogP contribution in [0.25, 0.3) is 0 Å². The summed E-state index contributed by atoms with van der Waals surface area (Å²) in [6, 6.07) is 6.67. The van der Waals surface area contributed by atoms with E-state index in [1.807, 2.05) is 18.2 Å². The smallest absolute Gasteiger partial charge is 0.354 e. The van der Waals surface area contributed by atoms with Gasteiger partial charge in [0, 0.05) is 66.2 Å². The first-order valence-electron chi connectivity index (χ1n) is 15.7. The van der Waals surface area contributed by atoms with Gasteiger partial charge in [-0.15, -0.1) is 0 Å². The highest BCUT2D eigenvalue weighted by Gasteiger charge is 2.41. The van der Waals surface area contributed by atoms with Crippen molar-refractivity contribution in [1.82, 2.24) is 35.4 Å². The van der Waals surface area contributed by atoms with Gasteiger partial charge in [0.25, 0.3) is 0 Å². The number of amides is 3. The molecule has 1 saturated heterocycles. The van der Waals surface area contributed by atoms with Crippen LogP contribution in [0.3, 0.4) is 0 Å². The molecule has 1 aliphatic heterocycles. The van der Waals surface area contributed by atoms with E-state index in [9.17, 15) is 22.8 Å². The zero-order valence-electron chi connectivity index (χ0n) is 25.2. The largest absolute Gasteiger partial charge is 0.449 e. The lowest BCUT2D eigenvalue weighted by Gasteiger charge is -2.44. The molecule has 1 saturated carbocycles. The van der Waals surface area contributed by atoms with E-state index < -0.39 is 18.0 Å². The number of pyridine rings is 1. The van der Waals surface area contributed by atoms with Gasteiger partial charge in [0.15, 0.2) is 0 Å². The average Bonchev–Trinajstić information content (AvgIpc) is 3.46. The summed E-state index contributed by atoms with van der Waals surface area (Å²) in [5.74, 6) is -1.44. The summed E-state index contributed by atoms with van der Waals surface area (Å²) in [4.78, 5) is 41.8. The monoisotopic (exact) mass is 721 g/mol. The van der Waals surface area contributed by atoms with E-state index >= 15 is 0 Å². The topological polar surface area (TPSA) is 106 Å². The average molecular weight is 723 g/mol. The number of alkyl halides is 3. The number of carbonyl (C=O) groups is 2. The molecule has 6 rings (SSSR count). The molecule has 0 spiro atoms. The van der Waals surface area contributed by atoms with E-state index in [1.54, 1.807) is 11.1 Å². The number of benzene rings is 1. The minimum Gasteiger partial charge on any atom is -0.354 e. The molecule has 246 valence electrons. The molecule has 9 nitrogen and oxygen atoms in total. The molecular formula is C32H36BrClF3N7O2. The van der Waals surface area contributed by atoms with Crippen LogP contribution in [0.5, 0.6) is 0 Å². The molecule has 3 amide bonds. The second kappa shape index (κ2) is 13.9. The Balaban J connectivity index is 1.25. The minimum atomic E-state index is -4.58. The van der Waals surface area contributed by atoms with Crippen molar-refractivity contribution in [3.63, 3.8) is 0 Å². The first kappa shape index (κ1) is 32.8. The van der Waals surface area contributed by atoms with Gasteiger partial charge < -0.3 is 20.5 Å². The number of H-pyrrole nitrogens is 1. The van der Waals surface area contributed by atoms with E-state index in [4.69, 9.17) is 16.6 Å². The lowest BCUT2D eigenvalue weighted by molar-refractivity contribution is -0.144. The van der Waals surface area contributed by atoms with Crippen LogP contribution in [-0.4, -0.2) is 75.0 Å². The number of hydrogen-bond acceptors (Lipinski definition) is 5. The molecule has 2 unspecified atom stereocenters. The molecule has 2 atom stereocenters. The third kappa shape index (κ3) is 7.36. The van der Waals surface area contributed by atoms with Gasteiger partial charge in [-0.3, -0.25) is 14.7 Å². The Morgan fingerprint density at radius 3 is 2.59 bits per heavy atom. The van der Waals surface area contributed by atoms with E-state index in [1.165, 1.54) is 0 Å². The Morgan fingerprint density at radius 2 is 1.83 bits per heavy atom. The molecule has 0 radical (unpaired) electrons. The number of nitrogens with zero attached hydrogens (tertiary/aromatic N) is 4. The van der Waals surface area contributed by atoms with E-state index in [0.29, 0.717) is 18.1 Å². The molecule has 3 heterocycles. The van der Waals surface area contributed by atoms with Crippen molar-refractivity contribution < 1.29 is 22.8 Å². The quantitative estimate of drug-likeness (QED) is 0.298. The zero-order valence-corrected chi connectivity index (χ0v) is 27.5. The Kier molecular flexibility index (Phi) is 9.91. The number of fused-ring (bicyclic) bond motifs is 2. The van der Waals surface area contributed by atoms with Crippen molar-refractivity contribution in [1.29, 1.82) is 0 Å². The van der Waals surface area contributed by atoms with Gasteiger partial charge in [0.05, 0.1) is 11.7 Å². The van der Waals surface area contributed by atoms with Gasteiger partial charge >= 0.3 is 12.2 Å². The van der Waals surface area contributed by atoms with Crippen molar-refractivity contribution >= 4 is 39.5 Å². The summed E-state index contributed by atoms with van der Waals surface area (Å²) in [5, 5.41) is 6.68. The molecule has 3 aliphatic rings. The van der Waals surface area contributed by atoms with Crippen LogP contribution in [0.2, 0.25) is 5.02 Å². The maximum absolute atomic E-state index is 13.8. The van der Waals surface area contributed by atoms with Crippen LogP contribution in [0.15, 0.2) is 41.1 Å². The third-order valence-electron chi connectivity index (χ3n) is 9.15. The highest BCUT2D eigenvalue weighted by molar-refractivity contribution is 9.10. The van der Waals surface area contributed by atoms with Crippen LogP contribution < -0.4 is 10.6 Å². The first-order valence-corrected chi connectivity index (χ1v) is 16.9. The normalized spacial score (nSPS) is 20.8. The van der Waals surface area contributed by atoms with Crippen molar-refractivity contribution in [2.75, 3.05) is 26.2 Å². The Morgan fingerprint density at radius 1 is 1.04 bits per heavy atom. The number of carbonyl (C=O) groups excluding carboxylic acids is 2. The van der Waals surface area contributed by atoms with Gasteiger partial charge in [0.2, 0.25) is 11.7 Å². The molecule has 0 bridgehead atoms. The van der Waals surface area contributed by atoms with Gasteiger partial charge in [-0.2, -0.15) is 13.2 Å². The van der Waals surface area contributed by atoms with Crippen LogP contribution in [0.1, 0.15) is 72.0 Å². The highest BCUT2D eigenvalue weighted by Crippen LogP contribution is 2.38. The SMILES string of the molecule is O=C(NCCc1cnc(C(F)(F)F)[nH]1)C1CN(C2c3ccc(Cl)cc3CCc3cc(Br)cnc32)CCN1C(=O)NC1CCCCC1. The first-order chi connectivity index (χ1) is 22.1. The lowest BCUT2D eigenvalue weighted by Crippen LogP contribution is -2.63. The Hall–Kier alpha value is -3.16. The minimum absolute atomic E-state index is 0.0687. The van der Waals surface area contributed by atoms with Crippen LogP contribution in [0.4, 0.5) is 18.0 Å². The highest BCUT2D eigenvalue weighted by atomic mass is 79.9. The van der Waals surface area contributed by atoms with Gasteiger partial charge in [0.1, 0.15) is 6.04 Å². The third-order valence-corrected chi connectivity index (χ3v) is 9.82. The number of urea groups is 1. The number of hydrogen-bond donors (Lipinski definition) is 3. The number of aryl methyl sites for hydroxylation is 2. The summed E-state index contributed by atoms with van der Waals surface area (Å²) < 4.78 is 39.9. The summed E-state index contributed by atoms with van der Waals surface area (Å²) in [6.45, 7) is 1.16. The molecule has 2 fully saturated rings.